The molecule has 0 radical (unpaired) electrons. The highest BCUT2D eigenvalue weighted by molar-refractivity contribution is 6.46. The fourth-order valence-electron chi connectivity index (χ4n) is 3.97. The first kappa shape index (κ1) is 21.7. The van der Waals surface area contributed by atoms with Gasteiger partial charge in [-0.25, -0.2) is 14.6 Å². The monoisotopic (exact) mass is 457 g/mol. The molecule has 0 aliphatic carbocycles. The van der Waals surface area contributed by atoms with Gasteiger partial charge in [-0.05, 0) is 43.3 Å². The molecule has 1 aromatic heterocycles. The van der Waals surface area contributed by atoms with Gasteiger partial charge in [0.05, 0.1) is 24.6 Å². The highest BCUT2D eigenvalue weighted by Gasteiger charge is 2.43. The van der Waals surface area contributed by atoms with Crippen molar-refractivity contribution < 1.29 is 23.5 Å². The molecule has 0 atom stereocenters. The van der Waals surface area contributed by atoms with Gasteiger partial charge in [-0.15, -0.1) is 0 Å². The van der Waals surface area contributed by atoms with Gasteiger partial charge in [0.25, 0.3) is 11.8 Å². The average Bonchev–Trinajstić information content (AvgIpc) is 3.33. The van der Waals surface area contributed by atoms with E-state index >= 15 is 0 Å². The van der Waals surface area contributed by atoms with Crippen molar-refractivity contribution in [3.63, 3.8) is 0 Å². The quantitative estimate of drug-likeness (QED) is 0.435. The van der Waals surface area contributed by atoms with Crippen LogP contribution in [0.25, 0.3) is 6.08 Å². The van der Waals surface area contributed by atoms with E-state index < -0.39 is 17.8 Å². The van der Waals surface area contributed by atoms with Crippen molar-refractivity contribution in [3.05, 3.63) is 83.6 Å². The number of benzene rings is 2. The molecule has 2 aliphatic heterocycles. The predicted molar refractivity (Wildman–Crippen MR) is 128 cm³/mol. The Kier molecular flexibility index (Phi) is 5.73. The second kappa shape index (κ2) is 8.99. The molecular weight excluding hydrogens is 434 g/mol. The van der Waals surface area contributed by atoms with Gasteiger partial charge < -0.3 is 14.1 Å². The van der Waals surface area contributed by atoms with Crippen molar-refractivity contribution in [2.45, 2.75) is 6.92 Å². The van der Waals surface area contributed by atoms with Gasteiger partial charge in [0.15, 0.2) is 5.88 Å². The van der Waals surface area contributed by atoms with Crippen LogP contribution in [0.1, 0.15) is 11.3 Å². The normalized spacial score (nSPS) is 18.2. The molecule has 3 heterocycles. The van der Waals surface area contributed by atoms with Crippen LogP contribution in [0, 0.1) is 6.92 Å². The van der Waals surface area contributed by atoms with E-state index in [0.717, 1.165) is 15.4 Å². The summed E-state index contributed by atoms with van der Waals surface area (Å²) in [5.74, 6) is -0.411. The predicted octanol–water partition coefficient (Wildman–Crippen LogP) is 4.01. The van der Waals surface area contributed by atoms with Crippen molar-refractivity contribution in [2.24, 2.45) is 0 Å². The number of furan rings is 1. The number of aryl methyl sites for hydroxylation is 1. The molecule has 172 valence electrons. The molecule has 8 nitrogen and oxygen atoms in total. The van der Waals surface area contributed by atoms with E-state index in [1.54, 1.807) is 54.6 Å². The average molecular weight is 457 g/mol. The van der Waals surface area contributed by atoms with Crippen LogP contribution >= 0.6 is 0 Å². The van der Waals surface area contributed by atoms with Crippen LogP contribution in [0.4, 0.5) is 22.1 Å². The van der Waals surface area contributed by atoms with Crippen LogP contribution in [0.5, 0.6) is 0 Å². The van der Waals surface area contributed by atoms with Crippen LogP contribution in [0.15, 0.2) is 76.7 Å². The van der Waals surface area contributed by atoms with E-state index in [-0.39, 0.29) is 5.57 Å². The minimum absolute atomic E-state index is 0.160. The number of hydrogen-bond acceptors (Lipinski definition) is 6. The molecule has 34 heavy (non-hydrogen) atoms. The van der Waals surface area contributed by atoms with Crippen molar-refractivity contribution >= 4 is 41.2 Å². The fraction of sp³-hybridized carbons (Fsp3) is 0.192. The van der Waals surface area contributed by atoms with E-state index in [0.29, 0.717) is 49.3 Å². The van der Waals surface area contributed by atoms with Crippen LogP contribution in [-0.2, 0) is 14.3 Å². The van der Waals surface area contributed by atoms with Gasteiger partial charge in [0, 0.05) is 19.2 Å². The lowest BCUT2D eigenvalue weighted by atomic mass is 10.1. The first-order valence-corrected chi connectivity index (χ1v) is 11.0. The minimum atomic E-state index is -0.726. The molecule has 8 heteroatoms. The van der Waals surface area contributed by atoms with E-state index in [4.69, 9.17) is 9.15 Å². The number of para-hydroxylation sites is 1. The van der Waals surface area contributed by atoms with E-state index in [9.17, 15) is 14.4 Å². The molecule has 2 saturated heterocycles. The number of ether oxygens (including phenoxy) is 1. The number of anilines is 3. The molecule has 3 aromatic rings. The van der Waals surface area contributed by atoms with Gasteiger partial charge in [-0.1, -0.05) is 35.9 Å². The summed E-state index contributed by atoms with van der Waals surface area (Å²) < 4.78 is 11.3. The molecule has 2 fully saturated rings. The zero-order valence-corrected chi connectivity index (χ0v) is 18.6. The third-order valence-electron chi connectivity index (χ3n) is 5.78. The second-order valence-electron chi connectivity index (χ2n) is 8.07. The number of imide groups is 2. The smallest absolute Gasteiger partial charge is 0.343 e. The number of barbiturate groups is 1. The summed E-state index contributed by atoms with van der Waals surface area (Å²) in [6.45, 7) is 4.51. The second-order valence-corrected chi connectivity index (χ2v) is 8.07. The molecular formula is C26H23N3O5. The van der Waals surface area contributed by atoms with E-state index in [1.165, 1.54) is 6.08 Å². The molecule has 0 saturated carbocycles. The molecule has 0 unspecified atom stereocenters. The Morgan fingerprint density at radius 1 is 0.765 bits per heavy atom. The summed E-state index contributed by atoms with van der Waals surface area (Å²) in [7, 11) is 0. The number of urea groups is 1. The Balaban J connectivity index is 1.55. The molecule has 4 amide bonds. The van der Waals surface area contributed by atoms with Crippen LogP contribution < -0.4 is 14.7 Å². The lowest BCUT2D eigenvalue weighted by molar-refractivity contribution is -0.121. The van der Waals surface area contributed by atoms with Gasteiger partial charge in [0.2, 0.25) is 0 Å². The van der Waals surface area contributed by atoms with Gasteiger partial charge >= 0.3 is 6.03 Å². The van der Waals surface area contributed by atoms with Crippen LogP contribution in [0.3, 0.4) is 0 Å². The lowest BCUT2D eigenvalue weighted by Gasteiger charge is -2.33. The minimum Gasteiger partial charge on any atom is -0.441 e. The van der Waals surface area contributed by atoms with E-state index in [1.807, 2.05) is 24.0 Å². The van der Waals surface area contributed by atoms with Crippen LogP contribution in [-0.4, -0.2) is 44.1 Å². The summed E-state index contributed by atoms with van der Waals surface area (Å²) >= 11 is 0. The topological polar surface area (TPSA) is 83.3 Å². The summed E-state index contributed by atoms with van der Waals surface area (Å²) in [6, 6.07) is 18.3. The molecule has 0 spiro atoms. The van der Waals surface area contributed by atoms with E-state index in [2.05, 4.69) is 0 Å². The number of nitrogens with zero attached hydrogens (tertiary/aromatic N) is 3. The maximum absolute atomic E-state index is 13.4. The Morgan fingerprint density at radius 3 is 2.03 bits per heavy atom. The molecule has 2 aliphatic rings. The summed E-state index contributed by atoms with van der Waals surface area (Å²) in [5, 5.41) is 0. The number of hydrogen-bond donors (Lipinski definition) is 0. The Hall–Kier alpha value is -4.17. The number of morpholine rings is 1. The lowest BCUT2D eigenvalue weighted by Crippen LogP contribution is -2.57. The highest BCUT2D eigenvalue weighted by Crippen LogP contribution is 2.30. The maximum atomic E-state index is 13.4. The number of rotatable bonds is 4. The first-order chi connectivity index (χ1) is 16.5. The SMILES string of the molecule is Cc1ccc(N2C(=O)/C(=C/c3ccc(N4CCOCC4)o3)C(=O)N(c3ccccc3)C2=O)cc1. The van der Waals surface area contributed by atoms with Crippen molar-refractivity contribution in [2.75, 3.05) is 41.0 Å². The largest absolute Gasteiger partial charge is 0.441 e. The van der Waals surface area contributed by atoms with Crippen LogP contribution in [0.2, 0.25) is 0 Å². The zero-order valence-electron chi connectivity index (χ0n) is 18.6. The first-order valence-electron chi connectivity index (χ1n) is 11.0. The molecule has 0 bridgehead atoms. The zero-order chi connectivity index (χ0) is 23.7. The number of carbonyl (C=O) groups excluding carboxylic acids is 3. The number of amides is 4. The highest BCUT2D eigenvalue weighted by atomic mass is 16.5. The standard InChI is InChI=1S/C26H23N3O5/c1-18-7-9-20(10-8-18)29-25(31)22(24(30)28(26(29)32)19-5-3-2-4-6-19)17-21-11-12-23(34-21)27-13-15-33-16-14-27/h2-12,17H,13-16H2,1H3/b22-17+. The van der Waals surface area contributed by atoms with Gasteiger partial charge in [0.1, 0.15) is 11.3 Å². The Labute approximate surface area is 196 Å². The summed E-state index contributed by atoms with van der Waals surface area (Å²) in [5.41, 5.74) is 1.58. The summed E-state index contributed by atoms with van der Waals surface area (Å²) in [4.78, 5) is 44.3. The summed E-state index contributed by atoms with van der Waals surface area (Å²) in [6.07, 6.45) is 1.40. The Bertz CT molecular complexity index is 1260. The third kappa shape index (κ3) is 3.99. The van der Waals surface area contributed by atoms with Gasteiger partial charge in [-0.3, -0.25) is 9.59 Å². The molecule has 0 N–H and O–H groups in total. The van der Waals surface area contributed by atoms with Crippen molar-refractivity contribution in [1.29, 1.82) is 0 Å². The van der Waals surface area contributed by atoms with Crippen molar-refractivity contribution in [3.8, 4) is 0 Å². The van der Waals surface area contributed by atoms with Crippen molar-refractivity contribution in [1.82, 2.24) is 0 Å². The number of carbonyl (C=O) groups is 3. The Morgan fingerprint density at radius 2 is 1.38 bits per heavy atom. The van der Waals surface area contributed by atoms with Gasteiger partial charge in [-0.2, -0.15) is 0 Å². The third-order valence-corrected chi connectivity index (χ3v) is 5.78. The maximum Gasteiger partial charge on any atom is 0.343 e. The molecule has 2 aromatic carbocycles. The molecule has 5 rings (SSSR count). The fourth-order valence-corrected chi connectivity index (χ4v) is 3.97.